The van der Waals surface area contributed by atoms with Crippen molar-refractivity contribution in [1.29, 1.82) is 0 Å². The molecule has 0 aliphatic carbocycles. The molecule has 0 fully saturated rings. The van der Waals surface area contributed by atoms with Gasteiger partial charge in [0.15, 0.2) is 0 Å². The van der Waals surface area contributed by atoms with Crippen molar-refractivity contribution in [2.45, 2.75) is 26.3 Å². The normalized spacial score (nSPS) is 11.8. The number of H-pyrrole nitrogens is 1. The largest absolute Gasteiger partial charge is 0.281 e. The monoisotopic (exact) mass is 217 g/mol. The fraction of sp³-hybridized carbons (Fsp3) is 0.625. The van der Waals surface area contributed by atoms with Gasteiger partial charge < -0.3 is 0 Å². The number of aromatic nitrogens is 2. The SMILES string of the molecule is CCCCS(=O)(=O)NCc1ccn[nH]1. The third kappa shape index (κ3) is 3.89. The quantitative estimate of drug-likeness (QED) is 0.734. The van der Waals surface area contributed by atoms with E-state index in [-0.39, 0.29) is 12.3 Å². The van der Waals surface area contributed by atoms with Crippen LogP contribution in [-0.2, 0) is 16.6 Å². The van der Waals surface area contributed by atoms with Crippen LogP contribution >= 0.6 is 0 Å². The van der Waals surface area contributed by atoms with E-state index in [9.17, 15) is 8.42 Å². The van der Waals surface area contributed by atoms with Crippen molar-refractivity contribution < 1.29 is 8.42 Å². The average molecular weight is 217 g/mol. The first-order valence-electron chi connectivity index (χ1n) is 4.59. The van der Waals surface area contributed by atoms with E-state index in [1.165, 1.54) is 0 Å². The first-order valence-corrected chi connectivity index (χ1v) is 6.25. The molecule has 0 aliphatic rings. The van der Waals surface area contributed by atoms with Crippen molar-refractivity contribution in [2.24, 2.45) is 0 Å². The summed E-state index contributed by atoms with van der Waals surface area (Å²) in [6.45, 7) is 2.25. The summed E-state index contributed by atoms with van der Waals surface area (Å²) in [5, 5.41) is 6.41. The molecule has 1 heterocycles. The van der Waals surface area contributed by atoms with E-state index in [2.05, 4.69) is 14.9 Å². The van der Waals surface area contributed by atoms with Crippen molar-refractivity contribution in [1.82, 2.24) is 14.9 Å². The molecule has 0 saturated heterocycles. The highest BCUT2D eigenvalue weighted by Gasteiger charge is 2.08. The van der Waals surface area contributed by atoms with Crippen LogP contribution < -0.4 is 4.72 Å². The topological polar surface area (TPSA) is 74.8 Å². The Morgan fingerprint density at radius 2 is 2.36 bits per heavy atom. The van der Waals surface area contributed by atoms with Crippen LogP contribution in [0.3, 0.4) is 0 Å². The van der Waals surface area contributed by atoms with Gasteiger partial charge >= 0.3 is 0 Å². The van der Waals surface area contributed by atoms with E-state index in [0.29, 0.717) is 6.42 Å². The Balaban J connectivity index is 2.37. The average Bonchev–Trinajstić information content (AvgIpc) is 2.64. The zero-order valence-electron chi connectivity index (χ0n) is 8.16. The van der Waals surface area contributed by atoms with Gasteiger partial charge in [-0.2, -0.15) is 5.10 Å². The summed E-state index contributed by atoms with van der Waals surface area (Å²) >= 11 is 0. The zero-order chi connectivity index (χ0) is 10.4. The van der Waals surface area contributed by atoms with Gasteiger partial charge in [-0.05, 0) is 12.5 Å². The molecule has 80 valence electrons. The van der Waals surface area contributed by atoms with E-state index in [4.69, 9.17) is 0 Å². The number of aromatic amines is 1. The Kier molecular flexibility index (Phi) is 4.09. The second-order valence-electron chi connectivity index (χ2n) is 3.08. The first kappa shape index (κ1) is 11.2. The van der Waals surface area contributed by atoms with Gasteiger partial charge in [0.1, 0.15) is 0 Å². The Hall–Kier alpha value is -0.880. The maximum atomic E-state index is 11.3. The molecule has 0 aliphatic heterocycles. The van der Waals surface area contributed by atoms with E-state index in [1.54, 1.807) is 12.3 Å². The molecule has 0 atom stereocenters. The molecular weight excluding hydrogens is 202 g/mol. The molecule has 6 heteroatoms. The molecule has 0 aromatic carbocycles. The third-order valence-electron chi connectivity index (χ3n) is 1.81. The van der Waals surface area contributed by atoms with Crippen molar-refractivity contribution in [3.05, 3.63) is 18.0 Å². The van der Waals surface area contributed by atoms with Crippen LogP contribution in [0.15, 0.2) is 12.3 Å². The van der Waals surface area contributed by atoms with Crippen molar-refractivity contribution in [3.63, 3.8) is 0 Å². The van der Waals surface area contributed by atoms with Crippen LogP contribution in [0.1, 0.15) is 25.5 Å². The number of hydrogen-bond acceptors (Lipinski definition) is 3. The molecule has 0 bridgehead atoms. The molecule has 0 radical (unpaired) electrons. The Morgan fingerprint density at radius 1 is 1.57 bits per heavy atom. The number of rotatable bonds is 6. The molecule has 5 nitrogen and oxygen atoms in total. The first-order chi connectivity index (χ1) is 6.64. The van der Waals surface area contributed by atoms with E-state index in [0.717, 1.165) is 12.1 Å². The molecule has 1 aromatic rings. The lowest BCUT2D eigenvalue weighted by Gasteiger charge is -2.03. The van der Waals surface area contributed by atoms with E-state index in [1.807, 2.05) is 6.92 Å². The summed E-state index contributed by atoms with van der Waals surface area (Å²) in [5.41, 5.74) is 0.769. The molecule has 0 unspecified atom stereocenters. The molecule has 0 spiro atoms. The molecule has 1 aromatic heterocycles. The van der Waals surface area contributed by atoms with E-state index < -0.39 is 10.0 Å². The van der Waals surface area contributed by atoms with Gasteiger partial charge in [-0.15, -0.1) is 0 Å². The summed E-state index contributed by atoms with van der Waals surface area (Å²) in [7, 11) is -3.12. The zero-order valence-corrected chi connectivity index (χ0v) is 8.97. The number of hydrogen-bond donors (Lipinski definition) is 2. The maximum absolute atomic E-state index is 11.3. The minimum Gasteiger partial charge on any atom is -0.281 e. The Bertz CT molecular complexity index is 345. The summed E-state index contributed by atoms with van der Waals surface area (Å²) in [6.07, 6.45) is 3.17. The molecule has 0 amide bonds. The minimum absolute atomic E-state index is 0.192. The van der Waals surface area contributed by atoms with Crippen LogP contribution in [0.25, 0.3) is 0 Å². The Morgan fingerprint density at radius 3 is 2.93 bits per heavy atom. The van der Waals surface area contributed by atoms with Gasteiger partial charge in [-0.25, -0.2) is 13.1 Å². The number of nitrogens with one attached hydrogen (secondary N) is 2. The van der Waals surface area contributed by atoms with Crippen molar-refractivity contribution in [2.75, 3.05) is 5.75 Å². The second-order valence-corrected chi connectivity index (χ2v) is 5.00. The van der Waals surface area contributed by atoms with Gasteiger partial charge in [-0.1, -0.05) is 13.3 Å². The molecular formula is C8H15N3O2S. The lowest BCUT2D eigenvalue weighted by atomic mass is 10.4. The summed E-state index contributed by atoms with van der Waals surface area (Å²) < 4.78 is 25.2. The van der Waals surface area contributed by atoms with Crippen LogP contribution in [-0.4, -0.2) is 24.4 Å². The predicted molar refractivity (Wildman–Crippen MR) is 54.1 cm³/mol. The van der Waals surface area contributed by atoms with Crippen LogP contribution in [0, 0.1) is 0 Å². The van der Waals surface area contributed by atoms with Gasteiger partial charge in [0.25, 0.3) is 0 Å². The lowest BCUT2D eigenvalue weighted by Crippen LogP contribution is -2.26. The summed E-state index contributed by atoms with van der Waals surface area (Å²) in [5.74, 6) is 0.192. The minimum atomic E-state index is -3.12. The number of nitrogens with zero attached hydrogens (tertiary/aromatic N) is 1. The smallest absolute Gasteiger partial charge is 0.211 e. The highest BCUT2D eigenvalue weighted by Crippen LogP contribution is 1.96. The van der Waals surface area contributed by atoms with Crippen LogP contribution in [0.4, 0.5) is 0 Å². The number of sulfonamides is 1. The third-order valence-corrected chi connectivity index (χ3v) is 3.22. The van der Waals surface area contributed by atoms with Gasteiger partial charge in [0.05, 0.1) is 18.0 Å². The fourth-order valence-corrected chi connectivity index (χ4v) is 2.17. The fourth-order valence-electron chi connectivity index (χ4n) is 0.977. The highest BCUT2D eigenvalue weighted by atomic mass is 32.2. The number of unbranched alkanes of at least 4 members (excludes halogenated alkanes) is 1. The molecule has 14 heavy (non-hydrogen) atoms. The molecule has 2 N–H and O–H groups in total. The van der Waals surface area contributed by atoms with Crippen molar-refractivity contribution in [3.8, 4) is 0 Å². The lowest BCUT2D eigenvalue weighted by molar-refractivity contribution is 0.577. The van der Waals surface area contributed by atoms with E-state index >= 15 is 0 Å². The molecule has 0 saturated carbocycles. The summed E-state index contributed by atoms with van der Waals surface area (Å²) in [4.78, 5) is 0. The summed E-state index contributed by atoms with van der Waals surface area (Å²) in [6, 6.07) is 1.74. The van der Waals surface area contributed by atoms with Crippen LogP contribution in [0.2, 0.25) is 0 Å². The molecule has 1 rings (SSSR count). The van der Waals surface area contributed by atoms with Gasteiger partial charge in [0, 0.05) is 6.20 Å². The second kappa shape index (κ2) is 5.11. The van der Waals surface area contributed by atoms with Gasteiger partial charge in [-0.3, -0.25) is 5.10 Å². The standard InChI is InChI=1S/C8H15N3O2S/c1-2-3-6-14(12,13)10-7-8-4-5-9-11-8/h4-5,10H,2-3,6-7H2,1H3,(H,9,11). The predicted octanol–water partition coefficient (Wildman–Crippen LogP) is 0.629. The van der Waals surface area contributed by atoms with Crippen molar-refractivity contribution >= 4 is 10.0 Å². The highest BCUT2D eigenvalue weighted by molar-refractivity contribution is 7.89. The maximum Gasteiger partial charge on any atom is 0.211 e. The Labute approximate surface area is 84.0 Å². The van der Waals surface area contributed by atoms with Gasteiger partial charge in [0.2, 0.25) is 10.0 Å². The van der Waals surface area contributed by atoms with Crippen LogP contribution in [0.5, 0.6) is 0 Å².